The molecule has 5 heteroatoms. The summed E-state index contributed by atoms with van der Waals surface area (Å²) in [5.74, 6) is -1.03. The lowest BCUT2D eigenvalue weighted by Crippen LogP contribution is -2.26. The Kier molecular flexibility index (Phi) is 4.72. The molecule has 0 unspecified atom stereocenters. The molecule has 1 aromatic rings. The van der Waals surface area contributed by atoms with E-state index in [0.717, 1.165) is 6.42 Å². The van der Waals surface area contributed by atoms with Gasteiger partial charge in [0.2, 0.25) is 0 Å². The number of aliphatic hydroxyl groups excluding tert-OH is 1. The molecule has 0 saturated heterocycles. The molecule has 0 aliphatic rings. The zero-order chi connectivity index (χ0) is 12.0. The molecule has 88 valence electrons. The van der Waals surface area contributed by atoms with Crippen LogP contribution in [0.3, 0.4) is 0 Å². The van der Waals surface area contributed by atoms with E-state index in [0.29, 0.717) is 18.4 Å². The number of carboxylic acids is 1. The van der Waals surface area contributed by atoms with Gasteiger partial charge in [-0.3, -0.25) is 9.59 Å². The molecule has 0 atom stereocenters. The molecule has 0 aliphatic heterocycles. The number of hydrogen-bond acceptors (Lipinski definition) is 3. The lowest BCUT2D eigenvalue weighted by molar-refractivity contribution is -0.137. The summed E-state index contributed by atoms with van der Waals surface area (Å²) in [4.78, 5) is 22.2. The summed E-state index contributed by atoms with van der Waals surface area (Å²) in [5.41, 5.74) is 0.333. The minimum atomic E-state index is -1.03. The Morgan fingerprint density at radius 2 is 2.12 bits per heavy atom. The van der Waals surface area contributed by atoms with E-state index in [2.05, 4.69) is 0 Å². The molecule has 0 fully saturated rings. The highest BCUT2D eigenvalue weighted by Gasteiger charge is 2.05. The normalized spacial score (nSPS) is 10.3. The number of pyridine rings is 1. The van der Waals surface area contributed by atoms with Crippen molar-refractivity contribution in [2.75, 3.05) is 6.61 Å². The van der Waals surface area contributed by atoms with Crippen LogP contribution in [0, 0.1) is 0 Å². The lowest BCUT2D eigenvalue weighted by Gasteiger charge is -2.05. The first-order chi connectivity index (χ1) is 7.65. The van der Waals surface area contributed by atoms with E-state index in [9.17, 15) is 9.59 Å². The maximum Gasteiger partial charge on any atom is 0.323 e. The molecule has 0 spiro atoms. The summed E-state index contributed by atoms with van der Waals surface area (Å²) in [6, 6.07) is 3.36. The number of aromatic nitrogens is 1. The minimum absolute atomic E-state index is 0.107. The third-order valence-electron chi connectivity index (χ3n) is 2.26. The summed E-state index contributed by atoms with van der Waals surface area (Å²) in [6.07, 6.45) is 3.40. The molecule has 0 aromatic carbocycles. The fraction of sp³-hybridized carbons (Fsp3) is 0.455. The predicted octanol–water partition coefficient (Wildman–Crippen LogP) is 0.248. The molecule has 16 heavy (non-hydrogen) atoms. The van der Waals surface area contributed by atoms with Crippen LogP contribution in [0.2, 0.25) is 0 Å². The third-order valence-corrected chi connectivity index (χ3v) is 2.26. The van der Waals surface area contributed by atoms with Gasteiger partial charge < -0.3 is 14.8 Å². The SMILES string of the molecule is O=C(O)Cn1cccc(CCCCO)c1=O. The number of rotatable bonds is 6. The Bertz CT molecular complexity index is 411. The Hall–Kier alpha value is -1.62. The number of carboxylic acid groups (broad SMARTS) is 1. The predicted molar refractivity (Wildman–Crippen MR) is 58.4 cm³/mol. The van der Waals surface area contributed by atoms with Gasteiger partial charge in [0, 0.05) is 18.4 Å². The highest BCUT2D eigenvalue weighted by Crippen LogP contribution is 1.99. The van der Waals surface area contributed by atoms with Crippen molar-refractivity contribution in [1.29, 1.82) is 0 Å². The number of aliphatic carboxylic acids is 1. The van der Waals surface area contributed by atoms with Crippen molar-refractivity contribution < 1.29 is 15.0 Å². The van der Waals surface area contributed by atoms with E-state index in [1.54, 1.807) is 12.1 Å². The van der Waals surface area contributed by atoms with Crippen molar-refractivity contribution >= 4 is 5.97 Å². The zero-order valence-corrected chi connectivity index (χ0v) is 8.93. The summed E-state index contributed by atoms with van der Waals surface area (Å²) in [7, 11) is 0. The number of aryl methyl sites for hydroxylation is 1. The third kappa shape index (κ3) is 3.51. The van der Waals surface area contributed by atoms with Crippen LogP contribution in [0.15, 0.2) is 23.1 Å². The van der Waals surface area contributed by atoms with Crippen molar-refractivity contribution in [3.05, 3.63) is 34.2 Å². The molecule has 0 bridgehead atoms. The number of nitrogens with zero attached hydrogens (tertiary/aromatic N) is 1. The minimum Gasteiger partial charge on any atom is -0.480 e. The van der Waals surface area contributed by atoms with Crippen molar-refractivity contribution in [1.82, 2.24) is 4.57 Å². The first-order valence-electron chi connectivity index (χ1n) is 5.16. The quantitative estimate of drug-likeness (QED) is 0.680. The molecular formula is C11H15NO4. The average Bonchev–Trinajstić information content (AvgIpc) is 2.23. The second-order valence-electron chi connectivity index (χ2n) is 3.54. The molecule has 2 N–H and O–H groups in total. The van der Waals surface area contributed by atoms with E-state index < -0.39 is 5.97 Å². The summed E-state index contributed by atoms with van der Waals surface area (Å²) >= 11 is 0. The molecule has 0 amide bonds. The van der Waals surface area contributed by atoms with Crippen molar-refractivity contribution in [3.8, 4) is 0 Å². The fourth-order valence-corrected chi connectivity index (χ4v) is 1.47. The standard InChI is InChI=1S/C11H15NO4/c13-7-2-1-4-9-5-3-6-12(11(9)16)8-10(14)15/h3,5-6,13H,1-2,4,7-8H2,(H,14,15). The van der Waals surface area contributed by atoms with E-state index in [1.165, 1.54) is 10.8 Å². The molecule has 0 saturated carbocycles. The van der Waals surface area contributed by atoms with Crippen LogP contribution in [0.25, 0.3) is 0 Å². The van der Waals surface area contributed by atoms with Crippen molar-refractivity contribution in [2.45, 2.75) is 25.8 Å². The largest absolute Gasteiger partial charge is 0.480 e. The lowest BCUT2D eigenvalue weighted by atomic mass is 10.1. The van der Waals surface area contributed by atoms with Crippen LogP contribution in [0.5, 0.6) is 0 Å². The molecule has 1 aromatic heterocycles. The van der Waals surface area contributed by atoms with Crippen LogP contribution in [0.1, 0.15) is 18.4 Å². The topological polar surface area (TPSA) is 79.5 Å². The molecule has 5 nitrogen and oxygen atoms in total. The van der Waals surface area contributed by atoms with E-state index in [1.807, 2.05) is 0 Å². The first kappa shape index (κ1) is 12.4. The van der Waals surface area contributed by atoms with Gasteiger partial charge in [-0.2, -0.15) is 0 Å². The van der Waals surface area contributed by atoms with Gasteiger partial charge in [0.05, 0.1) is 0 Å². The highest BCUT2D eigenvalue weighted by molar-refractivity contribution is 5.66. The molecule has 1 rings (SSSR count). The van der Waals surface area contributed by atoms with Crippen molar-refractivity contribution in [2.24, 2.45) is 0 Å². The van der Waals surface area contributed by atoms with Gasteiger partial charge in [0.25, 0.3) is 5.56 Å². The second kappa shape index (κ2) is 6.07. The smallest absolute Gasteiger partial charge is 0.323 e. The highest BCUT2D eigenvalue weighted by atomic mass is 16.4. The van der Waals surface area contributed by atoms with Crippen LogP contribution in [-0.2, 0) is 17.8 Å². The van der Waals surface area contributed by atoms with E-state index in [-0.39, 0.29) is 18.7 Å². The van der Waals surface area contributed by atoms with E-state index in [4.69, 9.17) is 10.2 Å². The zero-order valence-electron chi connectivity index (χ0n) is 8.93. The summed E-state index contributed by atoms with van der Waals surface area (Å²) in [6.45, 7) is -0.206. The number of hydrogen-bond donors (Lipinski definition) is 2. The van der Waals surface area contributed by atoms with Gasteiger partial charge in [-0.25, -0.2) is 0 Å². The van der Waals surface area contributed by atoms with Crippen LogP contribution in [-0.4, -0.2) is 27.4 Å². The molecule has 1 heterocycles. The fourth-order valence-electron chi connectivity index (χ4n) is 1.47. The summed E-state index contributed by atoms with van der Waals surface area (Å²) in [5, 5.41) is 17.2. The molecule has 0 aliphatic carbocycles. The number of aliphatic hydroxyl groups is 1. The molecular weight excluding hydrogens is 210 g/mol. The average molecular weight is 225 g/mol. The van der Waals surface area contributed by atoms with Crippen LogP contribution in [0.4, 0.5) is 0 Å². The number of unbranched alkanes of at least 4 members (excludes halogenated alkanes) is 1. The Morgan fingerprint density at radius 3 is 2.75 bits per heavy atom. The first-order valence-corrected chi connectivity index (χ1v) is 5.16. The van der Waals surface area contributed by atoms with Gasteiger partial charge in [-0.15, -0.1) is 0 Å². The van der Waals surface area contributed by atoms with Crippen molar-refractivity contribution in [3.63, 3.8) is 0 Å². The van der Waals surface area contributed by atoms with Gasteiger partial charge in [0.15, 0.2) is 0 Å². The maximum atomic E-state index is 11.7. The Labute approximate surface area is 93.0 Å². The molecule has 0 radical (unpaired) electrons. The second-order valence-corrected chi connectivity index (χ2v) is 3.54. The summed E-state index contributed by atoms with van der Waals surface area (Å²) < 4.78 is 1.18. The van der Waals surface area contributed by atoms with Crippen LogP contribution < -0.4 is 5.56 Å². The monoisotopic (exact) mass is 225 g/mol. The Morgan fingerprint density at radius 1 is 1.38 bits per heavy atom. The van der Waals surface area contributed by atoms with Gasteiger partial charge in [0.1, 0.15) is 6.54 Å². The van der Waals surface area contributed by atoms with Gasteiger partial charge in [-0.05, 0) is 25.3 Å². The van der Waals surface area contributed by atoms with Gasteiger partial charge in [-0.1, -0.05) is 6.07 Å². The van der Waals surface area contributed by atoms with Crippen LogP contribution >= 0.6 is 0 Å². The Balaban J connectivity index is 2.78. The van der Waals surface area contributed by atoms with E-state index >= 15 is 0 Å². The maximum absolute atomic E-state index is 11.7. The number of carbonyl (C=O) groups is 1. The van der Waals surface area contributed by atoms with Gasteiger partial charge >= 0.3 is 5.97 Å².